The van der Waals surface area contributed by atoms with E-state index in [0.717, 1.165) is 5.56 Å². The van der Waals surface area contributed by atoms with Crippen molar-refractivity contribution in [2.24, 2.45) is 5.92 Å². The van der Waals surface area contributed by atoms with E-state index in [1.54, 1.807) is 0 Å². The van der Waals surface area contributed by atoms with Gasteiger partial charge in [0.15, 0.2) is 5.78 Å². The summed E-state index contributed by atoms with van der Waals surface area (Å²) in [5, 5.41) is 0. The first-order valence-corrected chi connectivity index (χ1v) is 6.57. The summed E-state index contributed by atoms with van der Waals surface area (Å²) in [7, 11) is 0. The third-order valence-electron chi connectivity index (χ3n) is 3.02. The molecule has 0 N–H and O–H groups in total. The lowest BCUT2D eigenvalue weighted by Crippen LogP contribution is -2.03. The van der Waals surface area contributed by atoms with Crippen molar-refractivity contribution in [3.05, 3.63) is 77.9 Å². The van der Waals surface area contributed by atoms with Crippen LogP contribution >= 0.6 is 0 Å². The van der Waals surface area contributed by atoms with Crippen LogP contribution in [0, 0.1) is 5.92 Å². The van der Waals surface area contributed by atoms with Gasteiger partial charge in [-0.05, 0) is 11.5 Å². The number of benzene rings is 2. The smallest absolute Gasteiger partial charge is 0.163 e. The number of ketones is 1. The Labute approximate surface area is 114 Å². The monoisotopic (exact) mass is 250 g/mol. The fraction of sp³-hybridized carbons (Fsp3) is 0.167. The summed E-state index contributed by atoms with van der Waals surface area (Å²) in [6.45, 7) is 2.07. The molecule has 0 fully saturated rings. The van der Waals surface area contributed by atoms with E-state index in [1.807, 2.05) is 48.5 Å². The van der Waals surface area contributed by atoms with Gasteiger partial charge in [-0.1, -0.05) is 79.7 Å². The second-order valence-corrected chi connectivity index (χ2v) is 4.74. The van der Waals surface area contributed by atoms with Crippen LogP contribution in [0.1, 0.15) is 29.3 Å². The van der Waals surface area contributed by atoms with Gasteiger partial charge >= 0.3 is 0 Å². The van der Waals surface area contributed by atoms with E-state index in [1.165, 1.54) is 5.56 Å². The Hall–Kier alpha value is -2.15. The maximum Gasteiger partial charge on any atom is 0.163 e. The number of carbonyl (C=O) groups excluding carboxylic acids is 1. The molecule has 2 rings (SSSR count). The highest BCUT2D eigenvalue weighted by atomic mass is 16.1. The van der Waals surface area contributed by atoms with Crippen molar-refractivity contribution in [2.45, 2.75) is 13.3 Å². The molecule has 0 amide bonds. The minimum absolute atomic E-state index is 0.200. The molecule has 2 aromatic rings. The van der Waals surface area contributed by atoms with E-state index < -0.39 is 0 Å². The maximum absolute atomic E-state index is 12.0. The summed E-state index contributed by atoms with van der Waals surface area (Å²) in [5.41, 5.74) is 1.96. The summed E-state index contributed by atoms with van der Waals surface area (Å²) in [6.07, 6.45) is 4.71. The van der Waals surface area contributed by atoms with Crippen LogP contribution in [-0.4, -0.2) is 5.78 Å². The number of hydrogen-bond acceptors (Lipinski definition) is 1. The zero-order valence-electron chi connectivity index (χ0n) is 11.1. The zero-order valence-corrected chi connectivity index (χ0v) is 11.1. The maximum atomic E-state index is 12.0. The van der Waals surface area contributed by atoms with Gasteiger partial charge < -0.3 is 0 Å². The molecule has 0 radical (unpaired) electrons. The highest BCUT2D eigenvalue weighted by molar-refractivity contribution is 5.96. The van der Waals surface area contributed by atoms with Gasteiger partial charge in [-0.25, -0.2) is 0 Å². The highest BCUT2D eigenvalue weighted by Gasteiger charge is 2.08. The van der Waals surface area contributed by atoms with Gasteiger partial charge in [0.1, 0.15) is 0 Å². The van der Waals surface area contributed by atoms with Crippen molar-refractivity contribution >= 4 is 11.9 Å². The summed E-state index contributed by atoms with van der Waals surface area (Å²) < 4.78 is 0. The third-order valence-corrected chi connectivity index (χ3v) is 3.02. The standard InChI is InChI=1S/C18H18O/c1-15(12-13-16-8-4-2-5-9-16)14-18(19)17-10-6-3-7-11-17/h2-13,15H,14H2,1H3/b13-12+/t15-/m1/s1. The zero-order chi connectivity index (χ0) is 13.5. The van der Waals surface area contributed by atoms with Gasteiger partial charge in [0.2, 0.25) is 0 Å². The minimum Gasteiger partial charge on any atom is -0.294 e. The number of carbonyl (C=O) groups is 1. The number of rotatable bonds is 5. The largest absolute Gasteiger partial charge is 0.294 e. The van der Waals surface area contributed by atoms with Crippen molar-refractivity contribution in [1.82, 2.24) is 0 Å². The Balaban J connectivity index is 1.93. The van der Waals surface area contributed by atoms with Crippen LogP contribution in [0.4, 0.5) is 0 Å². The van der Waals surface area contributed by atoms with E-state index in [2.05, 4.69) is 31.2 Å². The fourth-order valence-corrected chi connectivity index (χ4v) is 1.94. The van der Waals surface area contributed by atoms with Gasteiger partial charge in [0.25, 0.3) is 0 Å². The molecule has 1 nitrogen and oxygen atoms in total. The van der Waals surface area contributed by atoms with E-state index in [0.29, 0.717) is 6.42 Å². The van der Waals surface area contributed by atoms with Crippen LogP contribution in [0.5, 0.6) is 0 Å². The van der Waals surface area contributed by atoms with Gasteiger partial charge in [-0.2, -0.15) is 0 Å². The Morgan fingerprint density at radius 2 is 1.58 bits per heavy atom. The quantitative estimate of drug-likeness (QED) is 0.708. The van der Waals surface area contributed by atoms with Crippen LogP contribution in [-0.2, 0) is 0 Å². The van der Waals surface area contributed by atoms with Crippen LogP contribution in [0.2, 0.25) is 0 Å². The van der Waals surface area contributed by atoms with Crippen LogP contribution in [0.25, 0.3) is 6.08 Å². The molecule has 0 aliphatic heterocycles. The second kappa shape index (κ2) is 6.69. The third kappa shape index (κ3) is 4.22. The molecule has 0 aliphatic carbocycles. The number of allylic oxidation sites excluding steroid dienone is 1. The van der Waals surface area contributed by atoms with Crippen LogP contribution in [0.15, 0.2) is 66.7 Å². The molecule has 1 atom stereocenters. The molecular formula is C18H18O. The molecule has 0 saturated carbocycles. The molecule has 96 valence electrons. The molecule has 0 spiro atoms. The van der Waals surface area contributed by atoms with Gasteiger partial charge in [0, 0.05) is 12.0 Å². The number of hydrogen-bond donors (Lipinski definition) is 0. The predicted molar refractivity (Wildman–Crippen MR) is 80.0 cm³/mol. The second-order valence-electron chi connectivity index (χ2n) is 4.74. The van der Waals surface area contributed by atoms with Gasteiger partial charge in [0.05, 0.1) is 0 Å². The lowest BCUT2D eigenvalue weighted by molar-refractivity contribution is 0.0972. The van der Waals surface area contributed by atoms with Crippen molar-refractivity contribution in [3.8, 4) is 0 Å². The molecule has 0 unspecified atom stereocenters. The van der Waals surface area contributed by atoms with Gasteiger partial charge in [-0.3, -0.25) is 4.79 Å². The predicted octanol–water partition coefficient (Wildman–Crippen LogP) is 4.61. The van der Waals surface area contributed by atoms with Crippen molar-refractivity contribution in [3.63, 3.8) is 0 Å². The van der Waals surface area contributed by atoms with Crippen molar-refractivity contribution < 1.29 is 4.79 Å². The minimum atomic E-state index is 0.200. The van der Waals surface area contributed by atoms with Crippen LogP contribution < -0.4 is 0 Å². The average Bonchev–Trinajstić information content (AvgIpc) is 2.47. The molecule has 2 aromatic carbocycles. The van der Waals surface area contributed by atoms with Gasteiger partial charge in [-0.15, -0.1) is 0 Å². The van der Waals surface area contributed by atoms with E-state index in [4.69, 9.17) is 0 Å². The van der Waals surface area contributed by atoms with E-state index in [-0.39, 0.29) is 11.7 Å². The topological polar surface area (TPSA) is 17.1 Å². The Morgan fingerprint density at radius 1 is 1.00 bits per heavy atom. The molecule has 1 heteroatoms. The van der Waals surface area contributed by atoms with Crippen molar-refractivity contribution in [2.75, 3.05) is 0 Å². The summed E-state index contributed by atoms with van der Waals surface area (Å²) in [4.78, 5) is 12.0. The molecule has 0 saturated heterocycles. The lowest BCUT2D eigenvalue weighted by atomic mass is 9.99. The fourth-order valence-electron chi connectivity index (χ4n) is 1.94. The summed E-state index contributed by atoms with van der Waals surface area (Å²) >= 11 is 0. The first-order chi connectivity index (χ1) is 9.25. The Bertz CT molecular complexity index is 540. The van der Waals surface area contributed by atoms with Crippen molar-refractivity contribution in [1.29, 1.82) is 0 Å². The molecule has 0 aliphatic rings. The summed E-state index contributed by atoms with van der Waals surface area (Å²) in [5.74, 6) is 0.443. The average molecular weight is 250 g/mol. The Morgan fingerprint density at radius 3 is 2.21 bits per heavy atom. The normalized spacial score (nSPS) is 12.5. The van der Waals surface area contributed by atoms with E-state index >= 15 is 0 Å². The number of Topliss-reactive ketones (excluding diaryl/α,β-unsaturated/α-hetero) is 1. The molecule has 19 heavy (non-hydrogen) atoms. The first kappa shape index (κ1) is 13.3. The molecule has 0 heterocycles. The summed E-state index contributed by atoms with van der Waals surface area (Å²) in [6, 6.07) is 19.6. The first-order valence-electron chi connectivity index (χ1n) is 6.57. The lowest BCUT2D eigenvalue weighted by Gasteiger charge is -2.05. The molecular weight excluding hydrogens is 232 g/mol. The van der Waals surface area contributed by atoms with Crippen LogP contribution in [0.3, 0.4) is 0 Å². The highest BCUT2D eigenvalue weighted by Crippen LogP contribution is 2.12. The Kier molecular flexibility index (Phi) is 4.68. The molecule has 0 aromatic heterocycles. The van der Waals surface area contributed by atoms with E-state index in [9.17, 15) is 4.79 Å². The molecule has 0 bridgehead atoms. The SMILES string of the molecule is C[C@H](/C=C/c1ccccc1)CC(=O)c1ccccc1.